The highest BCUT2D eigenvalue weighted by Gasteiger charge is 2.57. The van der Waals surface area contributed by atoms with E-state index < -0.39 is 23.1 Å². The molecule has 0 bridgehead atoms. The Morgan fingerprint density at radius 3 is 1.75 bits per heavy atom. The first-order chi connectivity index (χ1) is 9.54. The van der Waals surface area contributed by atoms with Gasteiger partial charge in [-0.05, 0) is 12.0 Å². The molecule has 1 saturated heterocycles. The zero-order valence-electron chi connectivity index (χ0n) is 12.1. The summed E-state index contributed by atoms with van der Waals surface area (Å²) in [6, 6.07) is 8.96. The van der Waals surface area contributed by atoms with E-state index in [2.05, 4.69) is 0 Å². The van der Waals surface area contributed by atoms with E-state index in [0.29, 0.717) is 24.8 Å². The van der Waals surface area contributed by atoms with E-state index in [4.69, 9.17) is 9.47 Å². The summed E-state index contributed by atoms with van der Waals surface area (Å²) in [7, 11) is 0. The number of hydrogen-bond acceptors (Lipinski definition) is 4. The van der Waals surface area contributed by atoms with Crippen LogP contribution in [0.15, 0.2) is 30.3 Å². The first-order valence-electron chi connectivity index (χ1n) is 7.07. The molecule has 1 heterocycles. The fourth-order valence-corrected chi connectivity index (χ4v) is 2.61. The molecular weight excluding hydrogens is 256 g/mol. The number of rotatable bonds is 4. The van der Waals surface area contributed by atoms with Crippen molar-refractivity contribution in [2.75, 3.05) is 0 Å². The van der Waals surface area contributed by atoms with Gasteiger partial charge < -0.3 is 9.47 Å². The molecule has 0 unspecified atom stereocenters. The summed E-state index contributed by atoms with van der Waals surface area (Å²) in [5.74, 6) is -2.13. The van der Waals surface area contributed by atoms with Crippen LogP contribution in [-0.2, 0) is 24.5 Å². The predicted octanol–water partition coefficient (Wildman–Crippen LogP) is 2.95. The lowest BCUT2D eigenvalue weighted by molar-refractivity contribution is -0.257. The van der Waals surface area contributed by atoms with Crippen LogP contribution in [-0.4, -0.2) is 17.7 Å². The van der Waals surface area contributed by atoms with E-state index in [1.165, 1.54) is 0 Å². The van der Waals surface area contributed by atoms with Gasteiger partial charge in [0.15, 0.2) is 5.41 Å². The lowest BCUT2D eigenvalue weighted by Gasteiger charge is -2.42. The minimum Gasteiger partial charge on any atom is -0.421 e. The molecule has 0 amide bonds. The second kappa shape index (κ2) is 5.27. The van der Waals surface area contributed by atoms with Gasteiger partial charge in [-0.25, -0.2) is 0 Å². The molecule has 4 heteroatoms. The maximum Gasteiger partial charge on any atom is 0.331 e. The molecule has 1 fully saturated rings. The van der Waals surface area contributed by atoms with Gasteiger partial charge in [0.2, 0.25) is 0 Å². The van der Waals surface area contributed by atoms with Gasteiger partial charge in [-0.15, -0.1) is 0 Å². The van der Waals surface area contributed by atoms with Crippen LogP contribution < -0.4 is 0 Å². The van der Waals surface area contributed by atoms with Crippen molar-refractivity contribution in [1.82, 2.24) is 0 Å². The SMILES string of the molecule is CCC1(CC)OC(=O)C(CC)(c2ccccc2)C(=O)O1. The average Bonchev–Trinajstić information content (AvgIpc) is 2.48. The molecule has 0 spiro atoms. The molecule has 4 nitrogen and oxygen atoms in total. The quantitative estimate of drug-likeness (QED) is 0.626. The van der Waals surface area contributed by atoms with Crippen LogP contribution in [0.5, 0.6) is 0 Å². The van der Waals surface area contributed by atoms with Gasteiger partial charge in [0, 0.05) is 12.8 Å². The molecule has 0 atom stereocenters. The normalized spacial score (nSPS) is 20.1. The molecule has 1 aromatic rings. The van der Waals surface area contributed by atoms with Crippen LogP contribution in [0.1, 0.15) is 45.6 Å². The second-order valence-electron chi connectivity index (χ2n) is 5.02. The van der Waals surface area contributed by atoms with Gasteiger partial charge in [0.05, 0.1) is 0 Å². The Labute approximate surface area is 119 Å². The van der Waals surface area contributed by atoms with E-state index in [0.717, 1.165) is 0 Å². The van der Waals surface area contributed by atoms with Crippen molar-refractivity contribution in [3.8, 4) is 0 Å². The zero-order valence-corrected chi connectivity index (χ0v) is 12.1. The highest BCUT2D eigenvalue weighted by atomic mass is 16.7. The van der Waals surface area contributed by atoms with Crippen LogP contribution in [0.4, 0.5) is 0 Å². The minimum atomic E-state index is -1.34. The summed E-state index contributed by atoms with van der Waals surface area (Å²) in [6.45, 7) is 5.47. The number of carbonyl (C=O) groups excluding carboxylic acids is 2. The van der Waals surface area contributed by atoms with Crippen molar-refractivity contribution in [3.05, 3.63) is 35.9 Å². The van der Waals surface area contributed by atoms with Crippen LogP contribution in [0.2, 0.25) is 0 Å². The fraction of sp³-hybridized carbons (Fsp3) is 0.500. The van der Waals surface area contributed by atoms with E-state index in [9.17, 15) is 9.59 Å². The number of hydrogen-bond donors (Lipinski definition) is 0. The van der Waals surface area contributed by atoms with Crippen LogP contribution >= 0.6 is 0 Å². The molecule has 0 aromatic heterocycles. The Morgan fingerprint density at radius 2 is 1.35 bits per heavy atom. The van der Waals surface area contributed by atoms with Crippen molar-refractivity contribution < 1.29 is 19.1 Å². The molecule has 1 aliphatic heterocycles. The molecule has 20 heavy (non-hydrogen) atoms. The maximum absolute atomic E-state index is 12.6. The van der Waals surface area contributed by atoms with E-state index in [1.807, 2.05) is 19.9 Å². The van der Waals surface area contributed by atoms with E-state index in [-0.39, 0.29) is 0 Å². The summed E-state index contributed by atoms with van der Waals surface area (Å²) in [5, 5.41) is 0. The van der Waals surface area contributed by atoms with E-state index >= 15 is 0 Å². The maximum atomic E-state index is 12.6. The molecule has 0 N–H and O–H groups in total. The first-order valence-corrected chi connectivity index (χ1v) is 7.07. The van der Waals surface area contributed by atoms with Gasteiger partial charge in [0.25, 0.3) is 5.79 Å². The van der Waals surface area contributed by atoms with Crippen molar-refractivity contribution in [2.24, 2.45) is 0 Å². The summed E-state index contributed by atoms with van der Waals surface area (Å²) in [4.78, 5) is 25.1. The third-order valence-electron chi connectivity index (χ3n) is 4.13. The Kier molecular flexibility index (Phi) is 3.84. The monoisotopic (exact) mass is 276 g/mol. The molecule has 1 aliphatic rings. The van der Waals surface area contributed by atoms with Gasteiger partial charge in [-0.3, -0.25) is 9.59 Å². The highest BCUT2D eigenvalue weighted by molar-refractivity contribution is 6.07. The molecule has 108 valence electrons. The molecular formula is C16H20O4. The van der Waals surface area contributed by atoms with Crippen molar-refractivity contribution in [2.45, 2.75) is 51.2 Å². The summed E-state index contributed by atoms with van der Waals surface area (Å²) in [6.07, 6.45) is 1.23. The summed E-state index contributed by atoms with van der Waals surface area (Å²) in [5.41, 5.74) is -0.715. The fourth-order valence-electron chi connectivity index (χ4n) is 2.61. The number of esters is 2. The topological polar surface area (TPSA) is 52.6 Å². The third kappa shape index (κ3) is 1.99. The lowest BCUT2D eigenvalue weighted by atomic mass is 9.77. The number of benzene rings is 1. The molecule has 1 aromatic carbocycles. The Hall–Kier alpha value is -1.84. The van der Waals surface area contributed by atoms with Crippen molar-refractivity contribution in [1.29, 1.82) is 0 Å². The molecule has 0 saturated carbocycles. The Morgan fingerprint density at radius 1 is 0.850 bits per heavy atom. The number of cyclic esters (lactones) is 2. The van der Waals surface area contributed by atoms with Crippen molar-refractivity contribution >= 4 is 11.9 Å². The number of carbonyl (C=O) groups is 2. The van der Waals surface area contributed by atoms with Crippen LogP contribution in [0.25, 0.3) is 0 Å². The van der Waals surface area contributed by atoms with Crippen LogP contribution in [0, 0.1) is 0 Å². The second-order valence-corrected chi connectivity index (χ2v) is 5.02. The average molecular weight is 276 g/mol. The highest BCUT2D eigenvalue weighted by Crippen LogP contribution is 2.40. The van der Waals surface area contributed by atoms with Crippen molar-refractivity contribution in [3.63, 3.8) is 0 Å². The number of ether oxygens (including phenoxy) is 2. The Balaban J connectivity index is 2.47. The molecule has 0 aliphatic carbocycles. The first kappa shape index (κ1) is 14.6. The smallest absolute Gasteiger partial charge is 0.331 e. The van der Waals surface area contributed by atoms with Crippen LogP contribution in [0.3, 0.4) is 0 Å². The Bertz CT molecular complexity index is 482. The minimum absolute atomic E-state index is 0.318. The summed E-state index contributed by atoms with van der Waals surface area (Å²) < 4.78 is 11.0. The standard InChI is InChI=1S/C16H20O4/c1-4-15(5-2)19-13(17)16(6-3,14(18)20-15)12-10-8-7-9-11-12/h7-11H,4-6H2,1-3H3. The van der Waals surface area contributed by atoms with E-state index in [1.54, 1.807) is 31.2 Å². The van der Waals surface area contributed by atoms with Gasteiger partial charge in [-0.2, -0.15) is 0 Å². The van der Waals surface area contributed by atoms with Gasteiger partial charge >= 0.3 is 11.9 Å². The zero-order chi connectivity index (χ0) is 14.8. The molecule has 0 radical (unpaired) electrons. The lowest BCUT2D eigenvalue weighted by Crippen LogP contribution is -2.58. The largest absolute Gasteiger partial charge is 0.421 e. The molecule has 2 rings (SSSR count). The summed E-state index contributed by atoms with van der Waals surface area (Å²) >= 11 is 0. The third-order valence-corrected chi connectivity index (χ3v) is 4.13. The van der Waals surface area contributed by atoms with Gasteiger partial charge in [-0.1, -0.05) is 51.1 Å². The van der Waals surface area contributed by atoms with Gasteiger partial charge in [0.1, 0.15) is 0 Å². The predicted molar refractivity (Wildman–Crippen MR) is 73.9 cm³/mol.